The van der Waals surface area contributed by atoms with Crippen LogP contribution in [-0.4, -0.2) is 41.2 Å². The van der Waals surface area contributed by atoms with Crippen molar-refractivity contribution in [2.75, 3.05) is 19.6 Å². The molecule has 1 aromatic carbocycles. The third kappa shape index (κ3) is 3.53. The number of aryl methyl sites for hydroxylation is 1. The molecule has 0 saturated heterocycles. The SMILES string of the molecule is CCN(CC(=O)N1CCc2sccc2[C@@H]1c1ccccc1C)C(=O)C1CC1. The maximum atomic E-state index is 13.3. The second-order valence-corrected chi connectivity index (χ2v) is 8.52. The lowest BCUT2D eigenvalue weighted by atomic mass is 9.90. The van der Waals surface area contributed by atoms with Crippen molar-refractivity contribution >= 4 is 23.2 Å². The molecular formula is C22H26N2O2S. The fourth-order valence-corrected chi connectivity index (χ4v) is 4.91. The minimum Gasteiger partial charge on any atom is -0.333 e. The van der Waals surface area contributed by atoms with Crippen LogP contribution >= 0.6 is 11.3 Å². The standard InChI is InChI=1S/C22H26N2O2S/c1-3-23(22(26)16-8-9-16)14-20(25)24-12-10-19-18(11-13-27-19)21(24)17-7-5-4-6-15(17)2/h4-7,11,13,16,21H,3,8-10,12,14H2,1-2H3/t21-/m0/s1. The highest BCUT2D eigenvalue weighted by molar-refractivity contribution is 7.10. The predicted octanol–water partition coefficient (Wildman–Crippen LogP) is 3.79. The van der Waals surface area contributed by atoms with Crippen LogP contribution in [0.3, 0.4) is 0 Å². The van der Waals surface area contributed by atoms with Gasteiger partial charge in [0.25, 0.3) is 0 Å². The van der Waals surface area contributed by atoms with Gasteiger partial charge in [-0.05, 0) is 61.2 Å². The molecule has 27 heavy (non-hydrogen) atoms. The van der Waals surface area contributed by atoms with Gasteiger partial charge in [0.15, 0.2) is 0 Å². The molecule has 1 aliphatic heterocycles. The van der Waals surface area contributed by atoms with Crippen molar-refractivity contribution < 1.29 is 9.59 Å². The first kappa shape index (κ1) is 18.2. The summed E-state index contributed by atoms with van der Waals surface area (Å²) >= 11 is 1.78. The van der Waals surface area contributed by atoms with Gasteiger partial charge in [-0.2, -0.15) is 0 Å². The Morgan fingerprint density at radius 1 is 1.19 bits per heavy atom. The van der Waals surface area contributed by atoms with Gasteiger partial charge in [-0.3, -0.25) is 9.59 Å². The Kier molecular flexibility index (Phi) is 5.04. The Balaban J connectivity index is 1.63. The number of fused-ring (bicyclic) bond motifs is 1. The first-order valence-corrected chi connectivity index (χ1v) is 10.7. The van der Waals surface area contributed by atoms with E-state index in [1.807, 2.05) is 24.0 Å². The topological polar surface area (TPSA) is 40.6 Å². The number of nitrogens with zero attached hydrogens (tertiary/aromatic N) is 2. The van der Waals surface area contributed by atoms with Gasteiger partial charge in [0.1, 0.15) is 0 Å². The summed E-state index contributed by atoms with van der Waals surface area (Å²) in [6.45, 7) is 5.55. The lowest BCUT2D eigenvalue weighted by molar-refractivity contribution is -0.142. The summed E-state index contributed by atoms with van der Waals surface area (Å²) in [6, 6.07) is 10.4. The van der Waals surface area contributed by atoms with Crippen LogP contribution in [0.4, 0.5) is 0 Å². The summed E-state index contributed by atoms with van der Waals surface area (Å²) in [4.78, 5) is 30.8. The van der Waals surface area contributed by atoms with Crippen LogP contribution < -0.4 is 0 Å². The van der Waals surface area contributed by atoms with Crippen molar-refractivity contribution in [3.8, 4) is 0 Å². The molecule has 0 unspecified atom stereocenters. The van der Waals surface area contributed by atoms with Gasteiger partial charge in [0.2, 0.25) is 11.8 Å². The number of hydrogen-bond acceptors (Lipinski definition) is 3. The fraction of sp³-hybridized carbons (Fsp3) is 0.455. The smallest absolute Gasteiger partial charge is 0.242 e. The molecule has 0 N–H and O–H groups in total. The summed E-state index contributed by atoms with van der Waals surface area (Å²) in [7, 11) is 0. The zero-order chi connectivity index (χ0) is 19.0. The molecule has 5 heteroatoms. The first-order valence-electron chi connectivity index (χ1n) is 9.80. The number of carbonyl (C=O) groups is 2. The molecule has 1 fully saturated rings. The van der Waals surface area contributed by atoms with E-state index in [9.17, 15) is 9.59 Å². The average Bonchev–Trinajstić information content (AvgIpc) is 3.42. The van der Waals surface area contributed by atoms with Crippen LogP contribution in [0.2, 0.25) is 0 Å². The van der Waals surface area contributed by atoms with Crippen LogP contribution in [-0.2, 0) is 16.0 Å². The first-order chi connectivity index (χ1) is 13.1. The van der Waals surface area contributed by atoms with Crippen LogP contribution in [0, 0.1) is 12.8 Å². The van der Waals surface area contributed by atoms with Crippen LogP contribution in [0.1, 0.15) is 47.4 Å². The number of hydrogen-bond donors (Lipinski definition) is 0. The Bertz CT molecular complexity index is 856. The van der Waals surface area contributed by atoms with E-state index in [1.165, 1.54) is 21.6 Å². The molecule has 0 bridgehead atoms. The van der Waals surface area contributed by atoms with Crippen molar-refractivity contribution in [3.05, 3.63) is 57.3 Å². The molecule has 1 atom stereocenters. The molecular weight excluding hydrogens is 356 g/mol. The average molecular weight is 383 g/mol. The quantitative estimate of drug-likeness (QED) is 0.789. The molecule has 2 aromatic rings. The molecule has 2 amide bonds. The van der Waals surface area contributed by atoms with Gasteiger partial charge >= 0.3 is 0 Å². The third-order valence-corrected chi connectivity index (χ3v) is 6.71. The molecule has 0 radical (unpaired) electrons. The molecule has 1 aliphatic carbocycles. The minimum atomic E-state index is -0.0524. The van der Waals surface area contributed by atoms with Gasteiger partial charge in [0, 0.05) is 23.9 Å². The van der Waals surface area contributed by atoms with Gasteiger partial charge in [-0.15, -0.1) is 11.3 Å². The number of carbonyl (C=O) groups excluding carboxylic acids is 2. The minimum absolute atomic E-state index is 0.0518. The molecule has 0 spiro atoms. The summed E-state index contributed by atoms with van der Waals surface area (Å²) in [5.41, 5.74) is 3.62. The summed E-state index contributed by atoms with van der Waals surface area (Å²) in [5, 5.41) is 2.12. The van der Waals surface area contributed by atoms with Crippen molar-refractivity contribution in [2.24, 2.45) is 5.92 Å². The highest BCUT2D eigenvalue weighted by Crippen LogP contribution is 2.39. The molecule has 1 aromatic heterocycles. The van der Waals surface area contributed by atoms with E-state index in [0.29, 0.717) is 13.1 Å². The van der Waals surface area contributed by atoms with E-state index in [2.05, 4.69) is 30.5 Å². The van der Waals surface area contributed by atoms with Gasteiger partial charge in [0.05, 0.1) is 12.6 Å². The van der Waals surface area contributed by atoms with Crippen molar-refractivity contribution in [1.82, 2.24) is 9.80 Å². The summed E-state index contributed by atoms with van der Waals surface area (Å²) in [5.74, 6) is 0.345. The van der Waals surface area contributed by atoms with E-state index < -0.39 is 0 Å². The molecule has 2 aliphatic rings. The van der Waals surface area contributed by atoms with E-state index in [-0.39, 0.29) is 30.3 Å². The maximum absolute atomic E-state index is 13.3. The summed E-state index contributed by atoms with van der Waals surface area (Å²) in [6.07, 6.45) is 2.83. The van der Waals surface area contributed by atoms with Gasteiger partial charge < -0.3 is 9.80 Å². The zero-order valence-corrected chi connectivity index (χ0v) is 16.8. The number of likely N-dealkylation sites (N-methyl/N-ethyl adjacent to an activating group) is 1. The van der Waals surface area contributed by atoms with Crippen LogP contribution in [0.5, 0.6) is 0 Å². The monoisotopic (exact) mass is 382 g/mol. The molecule has 4 nitrogen and oxygen atoms in total. The number of benzene rings is 1. The third-order valence-electron chi connectivity index (χ3n) is 5.72. The number of rotatable bonds is 5. The van der Waals surface area contributed by atoms with Crippen LogP contribution in [0.25, 0.3) is 0 Å². The van der Waals surface area contributed by atoms with Crippen molar-refractivity contribution in [3.63, 3.8) is 0 Å². The molecule has 4 rings (SSSR count). The lowest BCUT2D eigenvalue weighted by Crippen LogP contribution is -2.47. The molecule has 2 heterocycles. The zero-order valence-electron chi connectivity index (χ0n) is 16.0. The Morgan fingerprint density at radius 2 is 1.96 bits per heavy atom. The van der Waals surface area contributed by atoms with E-state index >= 15 is 0 Å². The van der Waals surface area contributed by atoms with Gasteiger partial charge in [-0.25, -0.2) is 0 Å². The maximum Gasteiger partial charge on any atom is 0.242 e. The number of amides is 2. The largest absolute Gasteiger partial charge is 0.333 e. The highest BCUT2D eigenvalue weighted by Gasteiger charge is 2.37. The summed E-state index contributed by atoms with van der Waals surface area (Å²) < 4.78 is 0. The fourth-order valence-electron chi connectivity index (χ4n) is 4.00. The predicted molar refractivity (Wildman–Crippen MR) is 108 cm³/mol. The molecule has 1 saturated carbocycles. The highest BCUT2D eigenvalue weighted by atomic mass is 32.1. The van der Waals surface area contributed by atoms with Crippen LogP contribution in [0.15, 0.2) is 35.7 Å². The Hall–Kier alpha value is -2.14. The number of thiophene rings is 1. The van der Waals surface area contributed by atoms with Crippen molar-refractivity contribution in [2.45, 2.75) is 39.2 Å². The second-order valence-electron chi connectivity index (χ2n) is 7.52. The van der Waals surface area contributed by atoms with E-state index in [1.54, 1.807) is 16.2 Å². The molecule has 142 valence electrons. The van der Waals surface area contributed by atoms with E-state index in [0.717, 1.165) is 19.3 Å². The Morgan fingerprint density at radius 3 is 2.67 bits per heavy atom. The van der Waals surface area contributed by atoms with E-state index in [4.69, 9.17) is 0 Å². The normalized spacial score (nSPS) is 18.9. The lowest BCUT2D eigenvalue weighted by Gasteiger charge is -2.38. The van der Waals surface area contributed by atoms with Gasteiger partial charge in [-0.1, -0.05) is 24.3 Å². The second kappa shape index (κ2) is 7.47. The Labute approximate surface area is 164 Å². The van der Waals surface area contributed by atoms with Crippen molar-refractivity contribution in [1.29, 1.82) is 0 Å².